The molecule has 1 aliphatic heterocycles. The molecule has 1 fully saturated rings. The third-order valence-electron chi connectivity index (χ3n) is 5.68. The number of urea groups is 1. The van der Waals surface area contributed by atoms with E-state index in [1.54, 1.807) is 11.0 Å². The van der Waals surface area contributed by atoms with Crippen LogP contribution in [0.1, 0.15) is 34.3 Å². The lowest BCUT2D eigenvalue weighted by Crippen LogP contribution is -2.47. The number of nitrogens with zero attached hydrogens (tertiary/aromatic N) is 2. The molecule has 0 spiro atoms. The SMILES string of the molecule is N#CCc1ccc(OCc2cccc(NC(=O)NC3CCN(C(=O)c4ccoc4)CC3)c2)cc1. The van der Waals surface area contributed by atoms with Crippen LogP contribution in [0.3, 0.4) is 0 Å². The van der Waals surface area contributed by atoms with Crippen LogP contribution in [0, 0.1) is 11.3 Å². The lowest BCUT2D eigenvalue weighted by molar-refractivity contribution is 0.0708. The molecule has 0 bridgehead atoms. The van der Waals surface area contributed by atoms with E-state index < -0.39 is 0 Å². The van der Waals surface area contributed by atoms with Crippen LogP contribution in [0.5, 0.6) is 5.75 Å². The average Bonchev–Trinajstić information content (AvgIpc) is 3.39. The number of hydrogen-bond acceptors (Lipinski definition) is 5. The van der Waals surface area contributed by atoms with Gasteiger partial charge in [0.2, 0.25) is 0 Å². The fraction of sp³-hybridized carbons (Fsp3) is 0.269. The van der Waals surface area contributed by atoms with E-state index in [9.17, 15) is 9.59 Å². The fourth-order valence-corrected chi connectivity index (χ4v) is 3.85. The second kappa shape index (κ2) is 11.1. The predicted molar refractivity (Wildman–Crippen MR) is 126 cm³/mol. The Hall–Kier alpha value is -4.25. The van der Waals surface area contributed by atoms with Crippen molar-refractivity contribution in [2.75, 3.05) is 18.4 Å². The smallest absolute Gasteiger partial charge is 0.319 e. The van der Waals surface area contributed by atoms with Crippen LogP contribution in [0.15, 0.2) is 71.5 Å². The highest BCUT2D eigenvalue weighted by molar-refractivity contribution is 5.94. The summed E-state index contributed by atoms with van der Waals surface area (Å²) in [5.41, 5.74) is 3.09. The Bertz CT molecular complexity index is 1140. The van der Waals surface area contributed by atoms with Gasteiger partial charge >= 0.3 is 6.03 Å². The van der Waals surface area contributed by atoms with E-state index in [0.717, 1.165) is 16.9 Å². The summed E-state index contributed by atoms with van der Waals surface area (Å²) in [6, 6.07) is 18.4. The summed E-state index contributed by atoms with van der Waals surface area (Å²) < 4.78 is 10.8. The lowest BCUT2D eigenvalue weighted by Gasteiger charge is -2.32. The minimum absolute atomic E-state index is 0.00363. The highest BCUT2D eigenvalue weighted by Crippen LogP contribution is 2.18. The van der Waals surface area contributed by atoms with Crippen molar-refractivity contribution in [2.45, 2.75) is 31.9 Å². The van der Waals surface area contributed by atoms with Crippen LogP contribution in [-0.4, -0.2) is 36.0 Å². The molecule has 8 heteroatoms. The van der Waals surface area contributed by atoms with Crippen molar-refractivity contribution in [3.63, 3.8) is 0 Å². The monoisotopic (exact) mass is 458 g/mol. The number of amides is 3. The Balaban J connectivity index is 1.22. The lowest BCUT2D eigenvalue weighted by atomic mass is 10.0. The maximum atomic E-state index is 12.5. The van der Waals surface area contributed by atoms with Crippen LogP contribution in [0.2, 0.25) is 0 Å². The number of carbonyl (C=O) groups is 2. The summed E-state index contributed by atoms with van der Waals surface area (Å²) in [7, 11) is 0. The molecule has 8 nitrogen and oxygen atoms in total. The van der Waals surface area contributed by atoms with Gasteiger partial charge in [0.05, 0.1) is 24.3 Å². The molecule has 3 amide bonds. The van der Waals surface area contributed by atoms with Gasteiger partial charge < -0.3 is 24.7 Å². The largest absolute Gasteiger partial charge is 0.489 e. The number of hydrogen-bond donors (Lipinski definition) is 2. The topological polar surface area (TPSA) is 108 Å². The Morgan fingerprint density at radius 1 is 1.09 bits per heavy atom. The van der Waals surface area contributed by atoms with Gasteiger partial charge in [-0.3, -0.25) is 4.79 Å². The van der Waals surface area contributed by atoms with Crippen LogP contribution < -0.4 is 15.4 Å². The summed E-state index contributed by atoms with van der Waals surface area (Å²) in [5, 5.41) is 14.6. The summed E-state index contributed by atoms with van der Waals surface area (Å²) in [4.78, 5) is 26.7. The molecule has 2 heterocycles. The number of anilines is 1. The third-order valence-corrected chi connectivity index (χ3v) is 5.68. The first-order valence-electron chi connectivity index (χ1n) is 11.2. The molecule has 0 radical (unpaired) electrons. The molecule has 0 aliphatic carbocycles. The standard InChI is InChI=1S/C26H26N4O4/c27-12-8-19-4-6-24(7-5-19)34-17-20-2-1-3-23(16-20)29-26(32)28-22-9-13-30(14-10-22)25(31)21-11-15-33-18-21/h1-7,11,15-16,18,22H,8-10,13-14,17H2,(H2,28,29,32). The van der Waals surface area contributed by atoms with Gasteiger partial charge in [-0.15, -0.1) is 0 Å². The molecule has 1 aromatic heterocycles. The summed E-state index contributed by atoms with van der Waals surface area (Å²) in [6.07, 6.45) is 4.70. The maximum absolute atomic E-state index is 12.5. The Morgan fingerprint density at radius 2 is 1.88 bits per heavy atom. The van der Waals surface area contributed by atoms with E-state index >= 15 is 0 Å². The van der Waals surface area contributed by atoms with Crippen LogP contribution >= 0.6 is 0 Å². The van der Waals surface area contributed by atoms with Crippen molar-refractivity contribution in [1.82, 2.24) is 10.2 Å². The van der Waals surface area contributed by atoms with Gasteiger partial charge in [-0.05, 0) is 54.3 Å². The number of benzene rings is 2. The van der Waals surface area contributed by atoms with Gasteiger partial charge in [0, 0.05) is 24.8 Å². The Morgan fingerprint density at radius 3 is 2.59 bits per heavy atom. The van der Waals surface area contributed by atoms with Gasteiger partial charge in [0.1, 0.15) is 18.6 Å². The number of piperidine rings is 1. The number of likely N-dealkylation sites (tertiary alicyclic amines) is 1. The normalized spacial score (nSPS) is 13.7. The van der Waals surface area contributed by atoms with Crippen molar-refractivity contribution in [3.05, 3.63) is 83.8 Å². The van der Waals surface area contributed by atoms with Crippen molar-refractivity contribution in [1.29, 1.82) is 5.26 Å². The molecule has 34 heavy (non-hydrogen) atoms. The quantitative estimate of drug-likeness (QED) is 0.547. The zero-order chi connectivity index (χ0) is 23.8. The fourth-order valence-electron chi connectivity index (χ4n) is 3.85. The number of carbonyl (C=O) groups excluding carboxylic acids is 2. The van der Waals surface area contributed by atoms with Gasteiger partial charge in [-0.2, -0.15) is 5.26 Å². The zero-order valence-electron chi connectivity index (χ0n) is 18.7. The minimum Gasteiger partial charge on any atom is -0.489 e. The molecular formula is C26H26N4O4. The molecule has 0 atom stereocenters. The first-order valence-corrected chi connectivity index (χ1v) is 11.2. The number of furan rings is 1. The maximum Gasteiger partial charge on any atom is 0.319 e. The van der Waals surface area contributed by atoms with Crippen molar-refractivity contribution in [2.24, 2.45) is 0 Å². The molecule has 0 unspecified atom stereocenters. The van der Waals surface area contributed by atoms with Gasteiger partial charge in [0.15, 0.2) is 0 Å². The number of nitriles is 1. The molecule has 2 aromatic carbocycles. The van der Waals surface area contributed by atoms with Crippen LogP contribution in [-0.2, 0) is 13.0 Å². The first kappa shape index (κ1) is 22.9. The van der Waals surface area contributed by atoms with Gasteiger partial charge in [-0.25, -0.2) is 4.79 Å². The predicted octanol–water partition coefficient (Wildman–Crippen LogP) is 4.35. The second-order valence-corrected chi connectivity index (χ2v) is 8.14. The van der Waals surface area contributed by atoms with E-state index in [1.165, 1.54) is 12.5 Å². The van der Waals surface area contributed by atoms with E-state index in [2.05, 4.69) is 16.7 Å². The summed E-state index contributed by atoms with van der Waals surface area (Å²) >= 11 is 0. The van der Waals surface area contributed by atoms with E-state index in [0.29, 0.717) is 50.2 Å². The van der Waals surface area contributed by atoms with E-state index in [-0.39, 0.29) is 18.0 Å². The van der Waals surface area contributed by atoms with Crippen molar-refractivity contribution < 1.29 is 18.7 Å². The highest BCUT2D eigenvalue weighted by Gasteiger charge is 2.25. The van der Waals surface area contributed by atoms with E-state index in [1.807, 2.05) is 48.5 Å². The third kappa shape index (κ3) is 6.17. The number of rotatable bonds is 7. The summed E-state index contributed by atoms with van der Waals surface area (Å²) in [5.74, 6) is 0.671. The Kier molecular flexibility index (Phi) is 7.45. The molecule has 4 rings (SSSR count). The molecule has 2 N–H and O–H groups in total. The molecule has 1 aliphatic rings. The van der Waals surface area contributed by atoms with Gasteiger partial charge in [-0.1, -0.05) is 24.3 Å². The number of ether oxygens (including phenoxy) is 1. The van der Waals surface area contributed by atoms with Crippen molar-refractivity contribution in [3.8, 4) is 11.8 Å². The first-order chi connectivity index (χ1) is 16.6. The molecule has 3 aromatic rings. The average molecular weight is 459 g/mol. The highest BCUT2D eigenvalue weighted by atomic mass is 16.5. The molecule has 174 valence electrons. The van der Waals surface area contributed by atoms with Crippen molar-refractivity contribution >= 4 is 17.6 Å². The minimum atomic E-state index is -0.272. The van der Waals surface area contributed by atoms with Crippen LogP contribution in [0.4, 0.5) is 10.5 Å². The zero-order valence-corrected chi connectivity index (χ0v) is 18.7. The van der Waals surface area contributed by atoms with Crippen LogP contribution in [0.25, 0.3) is 0 Å². The Labute approximate surface area is 198 Å². The molecular weight excluding hydrogens is 432 g/mol. The molecule has 0 saturated carbocycles. The van der Waals surface area contributed by atoms with Gasteiger partial charge in [0.25, 0.3) is 5.91 Å². The second-order valence-electron chi connectivity index (χ2n) is 8.14. The summed E-state index contributed by atoms with van der Waals surface area (Å²) in [6.45, 7) is 1.52. The van der Waals surface area contributed by atoms with E-state index in [4.69, 9.17) is 14.4 Å². The molecule has 1 saturated heterocycles. The number of nitrogens with one attached hydrogen (secondary N) is 2.